The maximum Gasteiger partial charge on any atom is 0.251 e. The Morgan fingerprint density at radius 1 is 1.00 bits per heavy atom. The largest absolute Gasteiger partial charge is 0.357 e. The van der Waals surface area contributed by atoms with Gasteiger partial charge in [-0.15, -0.1) is 24.0 Å². The van der Waals surface area contributed by atoms with E-state index < -0.39 is 0 Å². The van der Waals surface area contributed by atoms with Crippen LogP contribution in [-0.2, 0) is 17.8 Å². The van der Waals surface area contributed by atoms with Crippen molar-refractivity contribution in [2.45, 2.75) is 33.2 Å². The molecule has 1 heterocycles. The maximum absolute atomic E-state index is 12.4. The molecule has 0 spiro atoms. The summed E-state index contributed by atoms with van der Waals surface area (Å²) in [5, 5.41) is 9.47. The Hall–Kier alpha value is -2.62. The van der Waals surface area contributed by atoms with Crippen LogP contribution in [0, 0.1) is 5.92 Å². The number of hydrogen-bond acceptors (Lipinski definition) is 3. The van der Waals surface area contributed by atoms with Crippen LogP contribution in [-0.4, -0.2) is 55.4 Å². The predicted octanol–water partition coefficient (Wildman–Crippen LogP) is 3.20. The molecular weight excluding hydrogens is 541 g/mol. The quantitative estimate of drug-likeness (QED) is 0.230. The molecule has 1 aliphatic rings. The summed E-state index contributed by atoms with van der Waals surface area (Å²) in [4.78, 5) is 31.1. The average molecular weight is 578 g/mol. The number of guanidine groups is 1. The van der Waals surface area contributed by atoms with Gasteiger partial charge in [-0.25, -0.2) is 4.99 Å². The van der Waals surface area contributed by atoms with Gasteiger partial charge in [-0.1, -0.05) is 42.5 Å². The van der Waals surface area contributed by atoms with Crippen LogP contribution >= 0.6 is 24.0 Å². The molecule has 0 aliphatic carbocycles. The van der Waals surface area contributed by atoms with Crippen LogP contribution in [0.2, 0.25) is 0 Å². The molecule has 0 aromatic heterocycles. The number of hydrogen-bond donors (Lipinski definition) is 3. The fourth-order valence-corrected chi connectivity index (χ4v) is 3.94. The van der Waals surface area contributed by atoms with Crippen molar-refractivity contribution < 1.29 is 9.59 Å². The number of carbonyl (C=O) groups is 2. The second-order valence-corrected chi connectivity index (χ2v) is 8.28. The van der Waals surface area contributed by atoms with Crippen molar-refractivity contribution in [3.63, 3.8) is 0 Å². The summed E-state index contributed by atoms with van der Waals surface area (Å²) in [6.45, 7) is 7.97. The lowest BCUT2D eigenvalue weighted by atomic mass is 10.1. The van der Waals surface area contributed by atoms with E-state index in [4.69, 9.17) is 0 Å². The topological polar surface area (TPSA) is 85.8 Å². The third-order valence-electron chi connectivity index (χ3n) is 5.66. The molecule has 3 rings (SSSR count). The summed E-state index contributed by atoms with van der Waals surface area (Å²) < 4.78 is 0. The highest BCUT2D eigenvalue weighted by atomic mass is 127. The van der Waals surface area contributed by atoms with Gasteiger partial charge in [0, 0.05) is 50.6 Å². The molecule has 0 radical (unpaired) electrons. The zero-order valence-corrected chi connectivity index (χ0v) is 22.4. The number of rotatable bonds is 10. The maximum atomic E-state index is 12.4. The Bertz CT molecular complexity index is 951. The number of amides is 2. The Labute approximate surface area is 219 Å². The molecule has 1 unspecified atom stereocenters. The van der Waals surface area contributed by atoms with Crippen molar-refractivity contribution in [2.24, 2.45) is 10.9 Å². The van der Waals surface area contributed by atoms with Crippen molar-refractivity contribution >= 4 is 41.8 Å². The smallest absolute Gasteiger partial charge is 0.251 e. The lowest BCUT2D eigenvalue weighted by Crippen LogP contribution is -2.40. The van der Waals surface area contributed by atoms with Crippen molar-refractivity contribution in [1.82, 2.24) is 20.9 Å². The Morgan fingerprint density at radius 3 is 2.47 bits per heavy atom. The molecule has 3 N–H and O–H groups in total. The van der Waals surface area contributed by atoms with Gasteiger partial charge >= 0.3 is 0 Å². The molecule has 1 aliphatic heterocycles. The molecule has 0 bridgehead atoms. The Morgan fingerprint density at radius 2 is 1.74 bits per heavy atom. The number of likely N-dealkylation sites (tertiary alicyclic amines) is 1. The molecule has 34 heavy (non-hydrogen) atoms. The van der Waals surface area contributed by atoms with E-state index in [1.165, 1.54) is 5.56 Å². The van der Waals surface area contributed by atoms with Gasteiger partial charge in [-0.2, -0.15) is 0 Å². The molecule has 2 aromatic rings. The number of halogens is 1. The van der Waals surface area contributed by atoms with E-state index in [0.29, 0.717) is 31.6 Å². The Kier molecular flexibility index (Phi) is 11.9. The minimum absolute atomic E-state index is 0. The van der Waals surface area contributed by atoms with Gasteiger partial charge in [0.2, 0.25) is 5.91 Å². The molecule has 7 nitrogen and oxygen atoms in total. The van der Waals surface area contributed by atoms with Gasteiger partial charge < -0.3 is 20.9 Å². The van der Waals surface area contributed by atoms with Gasteiger partial charge in [-0.05, 0) is 43.5 Å². The highest BCUT2D eigenvalue weighted by molar-refractivity contribution is 14.0. The highest BCUT2D eigenvalue weighted by Crippen LogP contribution is 2.17. The third-order valence-corrected chi connectivity index (χ3v) is 5.66. The van der Waals surface area contributed by atoms with Crippen LogP contribution < -0.4 is 16.0 Å². The van der Waals surface area contributed by atoms with Gasteiger partial charge in [-0.3, -0.25) is 9.59 Å². The van der Waals surface area contributed by atoms with Crippen LogP contribution in [0.5, 0.6) is 0 Å². The van der Waals surface area contributed by atoms with E-state index in [0.717, 1.165) is 37.6 Å². The van der Waals surface area contributed by atoms with Crippen LogP contribution in [0.15, 0.2) is 59.6 Å². The first-order valence-corrected chi connectivity index (χ1v) is 11.8. The highest BCUT2D eigenvalue weighted by Gasteiger charge is 2.29. The van der Waals surface area contributed by atoms with Crippen LogP contribution in [0.1, 0.15) is 41.8 Å². The summed E-state index contributed by atoms with van der Waals surface area (Å²) in [6.07, 6.45) is 1.45. The fraction of sp³-hybridized carbons (Fsp3) is 0.423. The zero-order chi connectivity index (χ0) is 23.5. The predicted molar refractivity (Wildman–Crippen MR) is 148 cm³/mol. The first-order valence-electron chi connectivity index (χ1n) is 11.8. The number of aliphatic imine (C=N–C) groups is 1. The zero-order valence-electron chi connectivity index (χ0n) is 20.0. The summed E-state index contributed by atoms with van der Waals surface area (Å²) in [5.41, 5.74) is 2.87. The van der Waals surface area contributed by atoms with Crippen molar-refractivity contribution in [3.05, 3.63) is 71.3 Å². The van der Waals surface area contributed by atoms with E-state index in [2.05, 4.69) is 33.1 Å². The van der Waals surface area contributed by atoms with E-state index in [9.17, 15) is 9.59 Å². The number of benzene rings is 2. The molecule has 0 saturated carbocycles. The number of nitrogens with one attached hydrogen (secondary N) is 3. The minimum atomic E-state index is -0.0731. The van der Waals surface area contributed by atoms with Gasteiger partial charge in [0.15, 0.2) is 5.96 Å². The molecule has 1 fully saturated rings. The van der Waals surface area contributed by atoms with Crippen molar-refractivity contribution in [1.29, 1.82) is 0 Å². The average Bonchev–Trinajstić information content (AvgIpc) is 3.20. The summed E-state index contributed by atoms with van der Waals surface area (Å²) in [7, 11) is 0. The first-order chi connectivity index (χ1) is 16.1. The summed E-state index contributed by atoms with van der Waals surface area (Å²) in [6, 6.07) is 17.8. The summed E-state index contributed by atoms with van der Waals surface area (Å²) >= 11 is 0. The monoisotopic (exact) mass is 577 g/mol. The first kappa shape index (κ1) is 27.6. The molecule has 8 heteroatoms. The van der Waals surface area contributed by atoms with E-state index in [-0.39, 0.29) is 41.7 Å². The number of nitrogens with zero attached hydrogens (tertiary/aromatic N) is 2. The molecule has 2 aromatic carbocycles. The molecule has 1 saturated heterocycles. The minimum Gasteiger partial charge on any atom is -0.357 e. The van der Waals surface area contributed by atoms with Gasteiger partial charge in [0.05, 0.1) is 6.54 Å². The lowest BCUT2D eigenvalue weighted by Gasteiger charge is -2.18. The second kappa shape index (κ2) is 14.6. The van der Waals surface area contributed by atoms with Crippen LogP contribution in [0.4, 0.5) is 0 Å². The number of carbonyl (C=O) groups excluding carboxylic acids is 2. The second-order valence-electron chi connectivity index (χ2n) is 8.28. The fourth-order valence-electron chi connectivity index (χ4n) is 3.94. The summed E-state index contributed by atoms with van der Waals surface area (Å²) in [5.74, 6) is 1.13. The van der Waals surface area contributed by atoms with Gasteiger partial charge in [0.1, 0.15) is 0 Å². The van der Waals surface area contributed by atoms with E-state index in [1.54, 1.807) is 0 Å². The SMILES string of the molecule is CCNC(=O)c1cccc(CN=C(NCC)NCC2CC(=O)N(CCc3ccccc3)C2)c1.I. The van der Waals surface area contributed by atoms with Crippen molar-refractivity contribution in [2.75, 3.05) is 32.7 Å². The van der Waals surface area contributed by atoms with Crippen molar-refractivity contribution in [3.8, 4) is 0 Å². The van der Waals surface area contributed by atoms with E-state index >= 15 is 0 Å². The van der Waals surface area contributed by atoms with E-state index in [1.807, 2.05) is 61.2 Å². The Balaban J connectivity index is 0.00000408. The van der Waals surface area contributed by atoms with Gasteiger partial charge in [0.25, 0.3) is 5.91 Å². The van der Waals surface area contributed by atoms with Crippen LogP contribution in [0.25, 0.3) is 0 Å². The molecule has 1 atom stereocenters. The lowest BCUT2D eigenvalue weighted by molar-refractivity contribution is -0.127. The normalized spacial score (nSPS) is 15.6. The van der Waals surface area contributed by atoms with Crippen LogP contribution in [0.3, 0.4) is 0 Å². The third kappa shape index (κ3) is 8.62. The molecule has 2 amide bonds. The molecule has 184 valence electrons. The standard InChI is InChI=1S/C26H35N5O2.HI/c1-3-27-25(33)23-12-8-11-21(15-23)17-29-26(28-4-2)30-18-22-16-24(32)31(19-22)14-13-20-9-6-5-7-10-20;/h5-12,15,22H,3-4,13-14,16-19H2,1-2H3,(H,27,33)(H2,28,29,30);1H. The molecular formula is C26H36IN5O2.